The van der Waals surface area contributed by atoms with Crippen molar-refractivity contribution in [1.29, 1.82) is 0 Å². The van der Waals surface area contributed by atoms with E-state index in [2.05, 4.69) is 6.58 Å². The quantitative estimate of drug-likeness (QED) is 0.456. The van der Waals surface area contributed by atoms with Gasteiger partial charge in [0.15, 0.2) is 0 Å². The highest BCUT2D eigenvalue weighted by atomic mass is 16.6. The Morgan fingerprint density at radius 1 is 1.50 bits per heavy atom. The van der Waals surface area contributed by atoms with E-state index in [9.17, 15) is 14.7 Å². The average Bonchev–Trinajstić information content (AvgIpc) is 2.74. The van der Waals surface area contributed by atoms with Crippen LogP contribution in [0.25, 0.3) is 0 Å². The molecule has 3 rings (SSSR count). The van der Waals surface area contributed by atoms with Crippen molar-refractivity contribution < 1.29 is 24.2 Å². The van der Waals surface area contributed by atoms with Gasteiger partial charge in [0.05, 0.1) is 12.4 Å². The molecule has 0 amide bonds. The summed E-state index contributed by atoms with van der Waals surface area (Å²) in [5.41, 5.74) is 1.11. The summed E-state index contributed by atoms with van der Waals surface area (Å²) < 4.78 is 10.6. The second kappa shape index (κ2) is 5.23. The fourth-order valence-corrected chi connectivity index (χ4v) is 4.36. The third-order valence-electron chi connectivity index (χ3n) is 5.63. The van der Waals surface area contributed by atoms with Crippen molar-refractivity contribution in [1.82, 2.24) is 0 Å². The number of esters is 2. The first-order valence-electron chi connectivity index (χ1n) is 7.78. The van der Waals surface area contributed by atoms with Gasteiger partial charge in [-0.25, -0.2) is 4.79 Å². The zero-order chi connectivity index (χ0) is 16.1. The Labute approximate surface area is 130 Å². The molecule has 5 atom stereocenters. The molecule has 0 aromatic carbocycles. The summed E-state index contributed by atoms with van der Waals surface area (Å²) in [6, 6.07) is 0. The number of hydrogen-bond acceptors (Lipinski definition) is 5. The van der Waals surface area contributed by atoms with Gasteiger partial charge in [-0.1, -0.05) is 13.5 Å². The van der Waals surface area contributed by atoms with Gasteiger partial charge in [0.2, 0.25) is 0 Å². The van der Waals surface area contributed by atoms with Crippen molar-refractivity contribution in [2.45, 2.75) is 51.7 Å². The average molecular weight is 306 g/mol. The maximum absolute atomic E-state index is 11.9. The lowest BCUT2D eigenvalue weighted by Gasteiger charge is -2.52. The topological polar surface area (TPSA) is 72.8 Å². The molecule has 1 aliphatic heterocycles. The number of carbonyl (C=O) groups excluding carboxylic acids is 2. The highest BCUT2D eigenvalue weighted by Gasteiger charge is 2.58. The molecule has 0 aromatic heterocycles. The van der Waals surface area contributed by atoms with Gasteiger partial charge >= 0.3 is 11.9 Å². The van der Waals surface area contributed by atoms with Crippen LogP contribution in [0, 0.1) is 17.3 Å². The maximum Gasteiger partial charge on any atom is 0.334 e. The molecule has 5 heteroatoms. The van der Waals surface area contributed by atoms with Crippen LogP contribution in [0.5, 0.6) is 0 Å². The largest absolute Gasteiger partial charge is 0.458 e. The minimum Gasteiger partial charge on any atom is -0.458 e. The minimum atomic E-state index is -0.444. The molecular formula is C17H22O5. The zero-order valence-corrected chi connectivity index (χ0v) is 13.0. The molecule has 1 N–H and O–H groups in total. The fraction of sp³-hybridized carbons (Fsp3) is 0.647. The van der Waals surface area contributed by atoms with Gasteiger partial charge in [-0.2, -0.15) is 0 Å². The highest BCUT2D eigenvalue weighted by molar-refractivity contribution is 5.91. The third kappa shape index (κ3) is 2.19. The van der Waals surface area contributed by atoms with Crippen molar-refractivity contribution in [3.63, 3.8) is 0 Å². The van der Waals surface area contributed by atoms with Crippen LogP contribution in [-0.2, 0) is 19.1 Å². The molecule has 0 radical (unpaired) electrons. The lowest BCUT2D eigenvalue weighted by Crippen LogP contribution is -2.53. The summed E-state index contributed by atoms with van der Waals surface area (Å²) in [5.74, 6) is -0.846. The normalized spacial score (nSPS) is 42.6. The van der Waals surface area contributed by atoms with E-state index in [-0.39, 0.29) is 35.3 Å². The van der Waals surface area contributed by atoms with Crippen LogP contribution in [0.15, 0.2) is 24.0 Å². The van der Waals surface area contributed by atoms with Crippen LogP contribution in [0.1, 0.15) is 39.5 Å². The number of rotatable bonds is 1. The number of fused-ring (bicyclic) bond motifs is 3. The van der Waals surface area contributed by atoms with Crippen molar-refractivity contribution in [2.75, 3.05) is 0 Å². The summed E-state index contributed by atoms with van der Waals surface area (Å²) in [6.07, 6.45) is 3.60. The van der Waals surface area contributed by atoms with E-state index in [0.29, 0.717) is 18.4 Å². The molecule has 22 heavy (non-hydrogen) atoms. The molecule has 0 unspecified atom stereocenters. The van der Waals surface area contributed by atoms with Crippen molar-refractivity contribution >= 4 is 11.9 Å². The predicted octanol–water partition coefficient (Wildman–Crippen LogP) is 2.10. The fourth-order valence-electron chi connectivity index (χ4n) is 4.36. The van der Waals surface area contributed by atoms with E-state index >= 15 is 0 Å². The smallest absolute Gasteiger partial charge is 0.334 e. The van der Waals surface area contributed by atoms with E-state index < -0.39 is 6.10 Å². The van der Waals surface area contributed by atoms with Gasteiger partial charge in [0, 0.05) is 29.7 Å². The van der Waals surface area contributed by atoms with E-state index in [4.69, 9.17) is 9.47 Å². The predicted molar refractivity (Wildman–Crippen MR) is 78.4 cm³/mol. The number of hydrogen-bond donors (Lipinski definition) is 1. The monoisotopic (exact) mass is 306 g/mol. The molecular weight excluding hydrogens is 284 g/mol. The Hall–Kier alpha value is -1.62. The first kappa shape index (κ1) is 15.3. The summed E-state index contributed by atoms with van der Waals surface area (Å²) in [7, 11) is 0. The Morgan fingerprint density at radius 2 is 2.23 bits per heavy atom. The molecule has 2 saturated carbocycles. The molecule has 1 heterocycles. The van der Waals surface area contributed by atoms with E-state index in [1.54, 1.807) is 0 Å². The highest BCUT2D eigenvalue weighted by Crippen LogP contribution is 2.57. The van der Waals surface area contributed by atoms with E-state index in [1.807, 2.05) is 6.92 Å². The minimum absolute atomic E-state index is 0.00315. The molecule has 1 saturated heterocycles. The number of aliphatic hydroxyl groups is 1. The molecule has 0 spiro atoms. The Kier molecular flexibility index (Phi) is 3.63. The lowest BCUT2D eigenvalue weighted by molar-refractivity contribution is -0.151. The van der Waals surface area contributed by atoms with Crippen LogP contribution in [0.2, 0.25) is 0 Å². The second-order valence-electron chi connectivity index (χ2n) is 6.88. The van der Waals surface area contributed by atoms with Crippen LogP contribution < -0.4 is 0 Å². The SMILES string of the molecule is C=C1C(=O)O[C@@H]2[C@H]3/C(=C\OC(C)=O)CC[C@H](O)[C@]3(C)CC[C@@H]12. The molecule has 5 nitrogen and oxygen atoms in total. The van der Waals surface area contributed by atoms with Gasteiger partial charge in [0.1, 0.15) is 6.10 Å². The van der Waals surface area contributed by atoms with Gasteiger partial charge in [-0.15, -0.1) is 0 Å². The van der Waals surface area contributed by atoms with Gasteiger partial charge < -0.3 is 14.6 Å². The van der Waals surface area contributed by atoms with Gasteiger partial charge in [0.25, 0.3) is 0 Å². The summed E-state index contributed by atoms with van der Waals surface area (Å²) in [5, 5.41) is 10.5. The van der Waals surface area contributed by atoms with Gasteiger partial charge in [-0.3, -0.25) is 4.79 Å². The van der Waals surface area contributed by atoms with Crippen molar-refractivity contribution in [3.8, 4) is 0 Å². The summed E-state index contributed by atoms with van der Waals surface area (Å²) >= 11 is 0. The van der Waals surface area contributed by atoms with Crippen molar-refractivity contribution in [2.24, 2.45) is 17.3 Å². The Bertz CT molecular complexity index is 563. The standard InChI is InChI=1S/C17H22O5/c1-9-12-6-7-17(3)13(19)5-4-11(8-21-10(2)18)14(17)15(12)22-16(9)20/h8,12-15,19H,1,4-7H2,2-3H3/b11-8-/t12-,13-,14+,15-,17-/m0/s1. The second-order valence-corrected chi connectivity index (χ2v) is 6.88. The van der Waals surface area contributed by atoms with Crippen LogP contribution in [0.3, 0.4) is 0 Å². The van der Waals surface area contributed by atoms with Crippen LogP contribution in [0.4, 0.5) is 0 Å². The maximum atomic E-state index is 11.9. The van der Waals surface area contributed by atoms with E-state index in [1.165, 1.54) is 13.2 Å². The molecule has 3 aliphatic rings. The Morgan fingerprint density at radius 3 is 2.91 bits per heavy atom. The lowest BCUT2D eigenvalue weighted by atomic mass is 9.54. The first-order chi connectivity index (χ1) is 10.3. The third-order valence-corrected chi connectivity index (χ3v) is 5.63. The van der Waals surface area contributed by atoms with E-state index in [0.717, 1.165) is 18.4 Å². The number of aliphatic hydroxyl groups excluding tert-OH is 1. The number of carbonyl (C=O) groups is 2. The summed E-state index contributed by atoms with van der Waals surface area (Å²) in [6.45, 7) is 7.25. The molecule has 0 bridgehead atoms. The van der Waals surface area contributed by atoms with Crippen LogP contribution >= 0.6 is 0 Å². The molecule has 3 fully saturated rings. The zero-order valence-electron chi connectivity index (χ0n) is 13.0. The van der Waals surface area contributed by atoms with Gasteiger partial charge in [-0.05, 0) is 31.3 Å². The Balaban J connectivity index is 1.98. The number of ether oxygens (including phenoxy) is 2. The first-order valence-corrected chi connectivity index (χ1v) is 7.78. The van der Waals surface area contributed by atoms with Crippen molar-refractivity contribution in [3.05, 3.63) is 24.0 Å². The van der Waals surface area contributed by atoms with Crippen LogP contribution in [-0.4, -0.2) is 29.3 Å². The molecule has 120 valence electrons. The summed E-state index contributed by atoms with van der Waals surface area (Å²) in [4.78, 5) is 23.0. The molecule has 0 aromatic rings. The molecule has 2 aliphatic carbocycles.